The summed E-state index contributed by atoms with van der Waals surface area (Å²) in [6, 6.07) is 10.5. The zero-order chi connectivity index (χ0) is 14.1. The average molecular weight is 297 g/mol. The second-order valence-electron chi connectivity index (χ2n) is 5.01. The van der Waals surface area contributed by atoms with Gasteiger partial charge in [-0.2, -0.15) is 0 Å². The van der Waals surface area contributed by atoms with Crippen molar-refractivity contribution < 1.29 is 4.74 Å². The number of hydrogen-bond donors (Lipinski definition) is 0. The number of thiazole rings is 1. The van der Waals surface area contributed by atoms with Gasteiger partial charge in [-0.1, -0.05) is 0 Å². The van der Waals surface area contributed by atoms with E-state index in [1.54, 1.807) is 23.7 Å². The molecule has 1 aliphatic rings. The molecule has 0 spiro atoms. The third kappa shape index (κ3) is 2.50. The minimum Gasteiger partial charge on any atom is -0.378 e. The molecule has 5 heteroatoms. The van der Waals surface area contributed by atoms with Crippen LogP contribution in [0.15, 0.2) is 42.7 Å². The largest absolute Gasteiger partial charge is 0.378 e. The van der Waals surface area contributed by atoms with E-state index in [1.165, 1.54) is 10.4 Å². The Morgan fingerprint density at radius 1 is 1.05 bits per heavy atom. The fourth-order valence-electron chi connectivity index (χ4n) is 2.55. The van der Waals surface area contributed by atoms with E-state index in [0.29, 0.717) is 0 Å². The van der Waals surface area contributed by atoms with E-state index >= 15 is 0 Å². The van der Waals surface area contributed by atoms with Gasteiger partial charge in [-0.15, -0.1) is 11.3 Å². The molecule has 4 nitrogen and oxygen atoms in total. The lowest BCUT2D eigenvalue weighted by molar-refractivity contribution is 0.122. The fourth-order valence-corrected chi connectivity index (χ4v) is 3.50. The first-order chi connectivity index (χ1) is 10.4. The van der Waals surface area contributed by atoms with Crippen molar-refractivity contribution >= 4 is 27.2 Å². The molecule has 0 saturated carbocycles. The molecule has 21 heavy (non-hydrogen) atoms. The van der Waals surface area contributed by atoms with Crippen LogP contribution in [-0.2, 0) is 4.74 Å². The van der Waals surface area contributed by atoms with E-state index in [4.69, 9.17) is 9.72 Å². The second kappa shape index (κ2) is 5.42. The number of rotatable bonds is 2. The summed E-state index contributed by atoms with van der Waals surface area (Å²) < 4.78 is 6.63. The van der Waals surface area contributed by atoms with Gasteiger partial charge in [-0.3, -0.25) is 4.98 Å². The summed E-state index contributed by atoms with van der Waals surface area (Å²) in [7, 11) is 0. The molecule has 106 valence electrons. The van der Waals surface area contributed by atoms with Crippen LogP contribution in [-0.4, -0.2) is 36.3 Å². The Kier molecular flexibility index (Phi) is 3.29. The number of fused-ring (bicyclic) bond motifs is 1. The van der Waals surface area contributed by atoms with E-state index in [2.05, 4.69) is 28.1 Å². The highest BCUT2D eigenvalue weighted by molar-refractivity contribution is 7.21. The number of hydrogen-bond acceptors (Lipinski definition) is 5. The Labute approximate surface area is 127 Å². The highest BCUT2D eigenvalue weighted by Gasteiger charge is 2.13. The van der Waals surface area contributed by atoms with Crippen molar-refractivity contribution in [1.29, 1.82) is 0 Å². The predicted molar refractivity (Wildman–Crippen MR) is 85.9 cm³/mol. The number of anilines is 1. The van der Waals surface area contributed by atoms with Gasteiger partial charge in [0, 0.05) is 36.7 Å². The van der Waals surface area contributed by atoms with Crippen molar-refractivity contribution in [2.75, 3.05) is 31.2 Å². The number of benzene rings is 1. The highest BCUT2D eigenvalue weighted by atomic mass is 32.1. The van der Waals surface area contributed by atoms with E-state index < -0.39 is 0 Å². The van der Waals surface area contributed by atoms with E-state index in [9.17, 15) is 0 Å². The fraction of sp³-hybridized carbons (Fsp3) is 0.250. The molecule has 0 unspecified atom stereocenters. The Morgan fingerprint density at radius 3 is 2.67 bits per heavy atom. The zero-order valence-corrected chi connectivity index (χ0v) is 12.3. The van der Waals surface area contributed by atoms with Gasteiger partial charge in [0.1, 0.15) is 5.01 Å². The summed E-state index contributed by atoms with van der Waals surface area (Å²) in [5, 5.41) is 1.05. The Balaban J connectivity index is 1.71. The molecule has 4 rings (SSSR count). The maximum absolute atomic E-state index is 5.41. The van der Waals surface area contributed by atoms with Gasteiger partial charge in [0.15, 0.2) is 0 Å². The third-order valence-electron chi connectivity index (χ3n) is 3.67. The molecule has 0 aliphatic carbocycles. The molecule has 1 fully saturated rings. The summed E-state index contributed by atoms with van der Waals surface area (Å²) in [6.45, 7) is 3.51. The first-order valence-corrected chi connectivity index (χ1v) is 7.85. The topological polar surface area (TPSA) is 38.2 Å². The monoisotopic (exact) mass is 297 g/mol. The van der Waals surface area contributed by atoms with Crippen LogP contribution in [0.3, 0.4) is 0 Å². The van der Waals surface area contributed by atoms with Crippen molar-refractivity contribution in [3.05, 3.63) is 42.7 Å². The van der Waals surface area contributed by atoms with E-state index in [1.807, 2.05) is 12.1 Å². The lowest BCUT2D eigenvalue weighted by Crippen LogP contribution is -2.36. The molecular weight excluding hydrogens is 282 g/mol. The predicted octanol–water partition coefficient (Wildman–Crippen LogP) is 3.19. The second-order valence-corrected chi connectivity index (χ2v) is 6.04. The maximum atomic E-state index is 5.41. The van der Waals surface area contributed by atoms with Gasteiger partial charge >= 0.3 is 0 Å². The van der Waals surface area contributed by atoms with Gasteiger partial charge in [-0.25, -0.2) is 4.98 Å². The highest BCUT2D eigenvalue weighted by Crippen LogP contribution is 2.32. The summed E-state index contributed by atoms with van der Waals surface area (Å²) in [5.41, 5.74) is 3.42. The lowest BCUT2D eigenvalue weighted by Gasteiger charge is -2.28. The summed E-state index contributed by atoms with van der Waals surface area (Å²) in [5.74, 6) is 0. The van der Waals surface area contributed by atoms with Gasteiger partial charge in [0.2, 0.25) is 0 Å². The molecule has 3 aromatic rings. The Hall–Kier alpha value is -1.98. The normalized spacial score (nSPS) is 15.5. The van der Waals surface area contributed by atoms with Crippen LogP contribution in [0.1, 0.15) is 0 Å². The molecule has 1 saturated heterocycles. The zero-order valence-electron chi connectivity index (χ0n) is 11.5. The average Bonchev–Trinajstić information content (AvgIpc) is 2.99. The standard InChI is InChI=1S/C16H15N3OS/c1-2-15-14(11-13(1)19-7-9-20-10-8-19)18-16(21-15)12-3-5-17-6-4-12/h1-6,11H,7-10H2. The smallest absolute Gasteiger partial charge is 0.124 e. The van der Waals surface area contributed by atoms with Crippen LogP contribution in [0.25, 0.3) is 20.8 Å². The third-order valence-corrected chi connectivity index (χ3v) is 4.76. The van der Waals surface area contributed by atoms with Crippen LogP contribution in [0, 0.1) is 0 Å². The van der Waals surface area contributed by atoms with Gasteiger partial charge in [-0.05, 0) is 30.3 Å². The quantitative estimate of drug-likeness (QED) is 0.728. The van der Waals surface area contributed by atoms with Gasteiger partial charge in [0.25, 0.3) is 0 Å². The van der Waals surface area contributed by atoms with Crippen LogP contribution in [0.4, 0.5) is 5.69 Å². The molecule has 1 aliphatic heterocycles. The van der Waals surface area contributed by atoms with Crippen molar-refractivity contribution in [3.63, 3.8) is 0 Å². The number of nitrogens with zero attached hydrogens (tertiary/aromatic N) is 3. The summed E-state index contributed by atoms with van der Waals surface area (Å²) in [4.78, 5) is 11.2. The minimum absolute atomic E-state index is 0.803. The molecule has 0 amide bonds. The van der Waals surface area contributed by atoms with Crippen molar-refractivity contribution in [3.8, 4) is 10.6 Å². The number of morpholine rings is 1. The van der Waals surface area contributed by atoms with Crippen LogP contribution in [0.5, 0.6) is 0 Å². The molecule has 0 atom stereocenters. The van der Waals surface area contributed by atoms with E-state index in [0.717, 1.165) is 42.4 Å². The summed E-state index contributed by atoms with van der Waals surface area (Å²) >= 11 is 1.72. The number of ether oxygens (including phenoxy) is 1. The first-order valence-electron chi connectivity index (χ1n) is 7.04. The molecule has 1 aromatic carbocycles. The van der Waals surface area contributed by atoms with E-state index in [-0.39, 0.29) is 0 Å². The van der Waals surface area contributed by atoms with Crippen LogP contribution in [0.2, 0.25) is 0 Å². The molecule has 0 bridgehead atoms. The van der Waals surface area contributed by atoms with Gasteiger partial charge < -0.3 is 9.64 Å². The number of pyridine rings is 1. The molecule has 2 aromatic heterocycles. The molecule has 3 heterocycles. The summed E-state index contributed by atoms with van der Waals surface area (Å²) in [6.07, 6.45) is 3.61. The molecule has 0 radical (unpaired) electrons. The Morgan fingerprint density at radius 2 is 1.86 bits per heavy atom. The maximum Gasteiger partial charge on any atom is 0.124 e. The van der Waals surface area contributed by atoms with Crippen molar-refractivity contribution in [2.45, 2.75) is 0 Å². The lowest BCUT2D eigenvalue weighted by atomic mass is 10.2. The van der Waals surface area contributed by atoms with Crippen molar-refractivity contribution in [1.82, 2.24) is 9.97 Å². The molecular formula is C16H15N3OS. The van der Waals surface area contributed by atoms with Gasteiger partial charge in [0.05, 0.1) is 23.4 Å². The van der Waals surface area contributed by atoms with Crippen LogP contribution < -0.4 is 4.90 Å². The number of aromatic nitrogens is 2. The SMILES string of the molecule is c1cc(-c2nc3cc(N4CCOCC4)ccc3s2)ccn1. The van der Waals surface area contributed by atoms with Crippen molar-refractivity contribution in [2.24, 2.45) is 0 Å². The minimum atomic E-state index is 0.803. The first kappa shape index (κ1) is 12.7. The van der Waals surface area contributed by atoms with Crippen LogP contribution >= 0.6 is 11.3 Å². The Bertz CT molecular complexity index is 751. The molecule has 0 N–H and O–H groups in total.